The van der Waals surface area contributed by atoms with Gasteiger partial charge in [0.15, 0.2) is 5.78 Å². The summed E-state index contributed by atoms with van der Waals surface area (Å²) in [6.45, 7) is 5.03. The third-order valence-corrected chi connectivity index (χ3v) is 3.94. The lowest BCUT2D eigenvalue weighted by Crippen LogP contribution is -2.39. The van der Waals surface area contributed by atoms with Crippen LogP contribution in [0.5, 0.6) is 0 Å². The van der Waals surface area contributed by atoms with Gasteiger partial charge in [-0.25, -0.2) is 4.39 Å². The normalized spacial score (nSPS) is 15.9. The lowest BCUT2D eigenvalue weighted by molar-refractivity contribution is -0.119. The number of Topliss-reactive ketones (excluding diaryl/α,β-unsaturated/α-hetero) is 1. The van der Waals surface area contributed by atoms with E-state index in [1.165, 1.54) is 19.9 Å². The van der Waals surface area contributed by atoms with Crippen LogP contribution < -0.4 is 10.2 Å². The van der Waals surface area contributed by atoms with Crippen LogP contribution in [0.25, 0.3) is 0 Å². The molecule has 0 aliphatic carbocycles. The van der Waals surface area contributed by atoms with E-state index in [0.29, 0.717) is 36.8 Å². The van der Waals surface area contributed by atoms with Crippen molar-refractivity contribution in [3.63, 3.8) is 0 Å². The molecule has 1 fully saturated rings. The van der Waals surface area contributed by atoms with Crippen LogP contribution >= 0.6 is 0 Å². The first-order chi connectivity index (χ1) is 9.99. The summed E-state index contributed by atoms with van der Waals surface area (Å²) in [4.78, 5) is 24.5. The van der Waals surface area contributed by atoms with E-state index in [0.717, 1.165) is 12.8 Å². The standard InChI is InChI=1S/C16H21FN2O2/c1-11(20)14-4-3-5-15(17)16(14)19-8-6-13(7-9-19)10-18-12(2)21/h3-5,13H,6-10H2,1-2H3,(H,18,21). The zero-order chi connectivity index (χ0) is 15.4. The molecule has 0 unspecified atom stereocenters. The summed E-state index contributed by atoms with van der Waals surface area (Å²) in [5, 5.41) is 2.83. The molecule has 4 nitrogen and oxygen atoms in total. The molecule has 0 aromatic heterocycles. The summed E-state index contributed by atoms with van der Waals surface area (Å²) < 4.78 is 14.1. The summed E-state index contributed by atoms with van der Waals surface area (Å²) in [5.41, 5.74) is 0.860. The van der Waals surface area contributed by atoms with Crippen molar-refractivity contribution >= 4 is 17.4 Å². The number of rotatable bonds is 4. The Morgan fingerprint density at radius 1 is 1.29 bits per heavy atom. The smallest absolute Gasteiger partial charge is 0.216 e. The number of anilines is 1. The first-order valence-corrected chi connectivity index (χ1v) is 7.28. The van der Waals surface area contributed by atoms with Gasteiger partial charge in [0.25, 0.3) is 0 Å². The Kier molecular flexibility index (Phi) is 4.94. The minimum atomic E-state index is -0.344. The van der Waals surface area contributed by atoms with Gasteiger partial charge in [-0.1, -0.05) is 6.07 Å². The molecule has 114 valence electrons. The van der Waals surface area contributed by atoms with Crippen LogP contribution in [-0.2, 0) is 4.79 Å². The zero-order valence-corrected chi connectivity index (χ0v) is 12.5. The number of carbonyl (C=O) groups is 2. The molecule has 5 heteroatoms. The summed E-state index contributed by atoms with van der Waals surface area (Å²) >= 11 is 0. The molecule has 1 aliphatic heterocycles. The predicted molar refractivity (Wildman–Crippen MR) is 80.0 cm³/mol. The predicted octanol–water partition coefficient (Wildman–Crippen LogP) is 2.38. The number of amides is 1. The first-order valence-electron chi connectivity index (χ1n) is 7.28. The molecule has 0 saturated carbocycles. The van der Waals surface area contributed by atoms with Gasteiger partial charge in [-0.05, 0) is 37.8 Å². The largest absolute Gasteiger partial charge is 0.369 e. The van der Waals surface area contributed by atoms with E-state index in [-0.39, 0.29) is 17.5 Å². The summed E-state index contributed by atoms with van der Waals surface area (Å²) in [5.74, 6) is -0.0732. The zero-order valence-electron chi connectivity index (χ0n) is 12.5. The Hall–Kier alpha value is -1.91. The maximum Gasteiger partial charge on any atom is 0.216 e. The molecule has 1 aliphatic rings. The number of para-hydroxylation sites is 1. The van der Waals surface area contributed by atoms with Gasteiger partial charge in [-0.15, -0.1) is 0 Å². The molecule has 2 rings (SSSR count). The number of piperidine rings is 1. The van der Waals surface area contributed by atoms with Gasteiger partial charge in [0, 0.05) is 32.1 Å². The summed E-state index contributed by atoms with van der Waals surface area (Å²) in [6, 6.07) is 4.63. The number of hydrogen-bond acceptors (Lipinski definition) is 3. The van der Waals surface area contributed by atoms with Crippen molar-refractivity contribution in [2.24, 2.45) is 5.92 Å². The number of carbonyl (C=O) groups excluding carboxylic acids is 2. The quantitative estimate of drug-likeness (QED) is 0.867. The monoisotopic (exact) mass is 292 g/mol. The second-order valence-electron chi connectivity index (χ2n) is 5.56. The summed E-state index contributed by atoms with van der Waals surface area (Å²) in [6.07, 6.45) is 1.76. The topological polar surface area (TPSA) is 49.4 Å². The number of nitrogens with one attached hydrogen (secondary N) is 1. The second-order valence-corrected chi connectivity index (χ2v) is 5.56. The average molecular weight is 292 g/mol. The lowest BCUT2D eigenvalue weighted by Gasteiger charge is -2.34. The van der Waals surface area contributed by atoms with Crippen molar-refractivity contribution in [1.29, 1.82) is 0 Å². The molecule has 0 atom stereocenters. The first kappa shape index (κ1) is 15.5. The molecule has 1 heterocycles. The Morgan fingerprint density at radius 2 is 1.95 bits per heavy atom. The number of halogens is 1. The molecular weight excluding hydrogens is 271 g/mol. The van der Waals surface area contributed by atoms with Crippen molar-refractivity contribution in [2.45, 2.75) is 26.7 Å². The van der Waals surface area contributed by atoms with Crippen LogP contribution in [0.15, 0.2) is 18.2 Å². The minimum absolute atomic E-state index is 0.0228. The molecule has 0 radical (unpaired) electrons. The summed E-state index contributed by atoms with van der Waals surface area (Å²) in [7, 11) is 0. The Bertz CT molecular complexity index is 537. The van der Waals surface area contributed by atoms with Crippen molar-refractivity contribution in [1.82, 2.24) is 5.32 Å². The number of ketones is 1. The third kappa shape index (κ3) is 3.80. The van der Waals surface area contributed by atoms with Crippen molar-refractivity contribution in [3.8, 4) is 0 Å². The number of benzene rings is 1. The highest BCUT2D eigenvalue weighted by Crippen LogP contribution is 2.29. The Labute approximate surface area is 124 Å². The van der Waals surface area contributed by atoms with Crippen LogP contribution in [0.2, 0.25) is 0 Å². The molecule has 1 N–H and O–H groups in total. The van der Waals surface area contributed by atoms with Crippen molar-refractivity contribution in [2.75, 3.05) is 24.5 Å². The Balaban J connectivity index is 2.06. The van der Waals surface area contributed by atoms with Gasteiger partial charge in [0.2, 0.25) is 5.91 Å². The molecule has 0 spiro atoms. The lowest BCUT2D eigenvalue weighted by atomic mass is 9.95. The Morgan fingerprint density at radius 3 is 2.52 bits per heavy atom. The van der Waals surface area contributed by atoms with Gasteiger partial charge < -0.3 is 10.2 Å². The van der Waals surface area contributed by atoms with Crippen LogP contribution in [0.3, 0.4) is 0 Å². The van der Waals surface area contributed by atoms with E-state index >= 15 is 0 Å². The molecule has 1 aromatic rings. The maximum absolute atomic E-state index is 14.1. The van der Waals surface area contributed by atoms with Gasteiger partial charge in [0.1, 0.15) is 5.82 Å². The third-order valence-electron chi connectivity index (χ3n) is 3.94. The van der Waals surface area contributed by atoms with Gasteiger partial charge in [-0.3, -0.25) is 9.59 Å². The highest BCUT2D eigenvalue weighted by atomic mass is 19.1. The molecule has 1 amide bonds. The van der Waals surface area contributed by atoms with Gasteiger partial charge >= 0.3 is 0 Å². The molecular formula is C16H21FN2O2. The van der Waals surface area contributed by atoms with E-state index in [1.54, 1.807) is 12.1 Å². The second kappa shape index (κ2) is 6.70. The van der Waals surface area contributed by atoms with Gasteiger partial charge in [0.05, 0.1) is 5.69 Å². The maximum atomic E-state index is 14.1. The molecule has 0 bridgehead atoms. The van der Waals surface area contributed by atoms with Crippen LogP contribution in [0, 0.1) is 11.7 Å². The number of nitrogens with zero attached hydrogens (tertiary/aromatic N) is 1. The van der Waals surface area contributed by atoms with E-state index < -0.39 is 0 Å². The fraction of sp³-hybridized carbons (Fsp3) is 0.500. The fourth-order valence-corrected chi connectivity index (χ4v) is 2.77. The fourth-order valence-electron chi connectivity index (χ4n) is 2.77. The van der Waals surface area contributed by atoms with E-state index in [9.17, 15) is 14.0 Å². The SMILES string of the molecule is CC(=O)NCC1CCN(c2c(F)cccc2C(C)=O)CC1. The van der Waals surface area contributed by atoms with Crippen LogP contribution in [-0.4, -0.2) is 31.3 Å². The van der Waals surface area contributed by atoms with Crippen LogP contribution in [0.1, 0.15) is 37.0 Å². The van der Waals surface area contributed by atoms with E-state index in [1.807, 2.05) is 4.90 Å². The van der Waals surface area contributed by atoms with E-state index in [2.05, 4.69) is 5.32 Å². The molecule has 1 aromatic carbocycles. The van der Waals surface area contributed by atoms with Crippen LogP contribution in [0.4, 0.5) is 10.1 Å². The molecule has 21 heavy (non-hydrogen) atoms. The van der Waals surface area contributed by atoms with Crippen molar-refractivity contribution in [3.05, 3.63) is 29.6 Å². The number of hydrogen-bond donors (Lipinski definition) is 1. The van der Waals surface area contributed by atoms with E-state index in [4.69, 9.17) is 0 Å². The highest BCUT2D eigenvalue weighted by Gasteiger charge is 2.24. The van der Waals surface area contributed by atoms with Gasteiger partial charge in [-0.2, -0.15) is 0 Å². The highest BCUT2D eigenvalue weighted by molar-refractivity contribution is 5.99. The van der Waals surface area contributed by atoms with Crippen molar-refractivity contribution < 1.29 is 14.0 Å². The molecule has 1 saturated heterocycles. The minimum Gasteiger partial charge on any atom is -0.369 e. The average Bonchev–Trinajstić information content (AvgIpc) is 2.45.